The number of halogens is 1. The average Bonchev–Trinajstić information content (AvgIpc) is 3.03. The van der Waals surface area contributed by atoms with Gasteiger partial charge in [0.15, 0.2) is 0 Å². The number of carbonyl (C=O) groups is 1. The zero-order valence-corrected chi connectivity index (χ0v) is 16.6. The van der Waals surface area contributed by atoms with E-state index in [9.17, 15) is 13.2 Å². The molecule has 0 atom stereocenters. The van der Waals surface area contributed by atoms with E-state index in [0.717, 1.165) is 5.69 Å². The third kappa shape index (κ3) is 5.06. The highest BCUT2D eigenvalue weighted by Crippen LogP contribution is 2.15. The van der Waals surface area contributed by atoms with Gasteiger partial charge in [-0.2, -0.15) is 5.10 Å². The van der Waals surface area contributed by atoms with Crippen LogP contribution in [0.15, 0.2) is 35.2 Å². The Balaban J connectivity index is 1.93. The molecule has 142 valence electrons. The van der Waals surface area contributed by atoms with Gasteiger partial charge < -0.3 is 5.32 Å². The van der Waals surface area contributed by atoms with Crippen LogP contribution in [0.5, 0.6) is 0 Å². The molecule has 0 radical (unpaired) electrons. The number of nitrogens with zero attached hydrogens (tertiary/aromatic N) is 2. The molecule has 0 aliphatic carbocycles. The number of benzene rings is 1. The molecule has 0 aliphatic heterocycles. The monoisotopic (exact) mass is 398 g/mol. The number of aromatic nitrogens is 2. The highest BCUT2D eigenvalue weighted by Gasteiger charge is 2.17. The maximum atomic E-state index is 12.3. The van der Waals surface area contributed by atoms with Gasteiger partial charge in [-0.05, 0) is 37.1 Å². The summed E-state index contributed by atoms with van der Waals surface area (Å²) in [6.07, 6.45) is 0. The first-order valence-electron chi connectivity index (χ1n) is 8.35. The van der Waals surface area contributed by atoms with Gasteiger partial charge in [-0.25, -0.2) is 13.1 Å². The molecule has 0 aliphatic rings. The minimum absolute atomic E-state index is 0.0673. The van der Waals surface area contributed by atoms with Gasteiger partial charge in [-0.1, -0.05) is 31.5 Å². The van der Waals surface area contributed by atoms with Crippen LogP contribution in [-0.4, -0.2) is 37.2 Å². The van der Waals surface area contributed by atoms with Crippen molar-refractivity contribution in [3.63, 3.8) is 0 Å². The van der Waals surface area contributed by atoms with Gasteiger partial charge >= 0.3 is 0 Å². The molecule has 0 spiro atoms. The molecular weight excluding hydrogens is 376 g/mol. The molecule has 1 aromatic carbocycles. The van der Waals surface area contributed by atoms with Crippen molar-refractivity contribution in [2.24, 2.45) is 0 Å². The van der Waals surface area contributed by atoms with Crippen molar-refractivity contribution in [3.05, 3.63) is 46.7 Å². The normalized spacial score (nSPS) is 11.7. The second-order valence-electron chi connectivity index (χ2n) is 6.04. The van der Waals surface area contributed by atoms with Crippen LogP contribution >= 0.6 is 11.6 Å². The Bertz CT molecular complexity index is 878. The molecule has 1 heterocycles. The van der Waals surface area contributed by atoms with E-state index in [1.54, 1.807) is 22.9 Å². The number of aryl methyl sites for hydroxylation is 1. The van der Waals surface area contributed by atoms with Crippen molar-refractivity contribution in [2.75, 3.05) is 13.1 Å². The Morgan fingerprint density at radius 3 is 2.62 bits per heavy atom. The largest absolute Gasteiger partial charge is 0.349 e. The fraction of sp³-hybridized carbons (Fsp3) is 0.412. The average molecular weight is 399 g/mol. The minimum Gasteiger partial charge on any atom is -0.349 e. The van der Waals surface area contributed by atoms with E-state index in [2.05, 4.69) is 15.1 Å². The Kier molecular flexibility index (Phi) is 6.80. The third-order valence-corrected chi connectivity index (χ3v) is 5.43. The number of amides is 1. The third-order valence-electron chi connectivity index (χ3n) is 3.73. The molecule has 0 unspecified atom stereocenters. The minimum atomic E-state index is -3.67. The predicted octanol–water partition coefficient (Wildman–Crippen LogP) is 2.39. The molecule has 0 fully saturated rings. The lowest BCUT2D eigenvalue weighted by Crippen LogP contribution is -2.35. The lowest BCUT2D eigenvalue weighted by Gasteiger charge is -2.09. The number of nitrogens with one attached hydrogen (secondary N) is 2. The van der Waals surface area contributed by atoms with E-state index in [1.165, 1.54) is 12.1 Å². The predicted molar refractivity (Wildman–Crippen MR) is 101 cm³/mol. The maximum absolute atomic E-state index is 12.3. The molecule has 0 bridgehead atoms. The second-order valence-corrected chi connectivity index (χ2v) is 8.24. The van der Waals surface area contributed by atoms with Crippen LogP contribution in [0.25, 0.3) is 0 Å². The summed E-state index contributed by atoms with van der Waals surface area (Å²) >= 11 is 5.82. The first-order chi connectivity index (χ1) is 12.2. The second kappa shape index (κ2) is 8.66. The first-order valence-corrected chi connectivity index (χ1v) is 10.2. The summed E-state index contributed by atoms with van der Waals surface area (Å²) < 4.78 is 28.4. The van der Waals surface area contributed by atoms with Crippen LogP contribution in [0, 0.1) is 0 Å². The molecule has 26 heavy (non-hydrogen) atoms. The van der Waals surface area contributed by atoms with E-state index in [0.29, 0.717) is 17.3 Å². The molecule has 1 aromatic heterocycles. The van der Waals surface area contributed by atoms with Crippen LogP contribution in [-0.2, 0) is 16.6 Å². The number of rotatable bonds is 8. The van der Waals surface area contributed by atoms with Gasteiger partial charge in [0.25, 0.3) is 5.91 Å². The standard InChI is InChI=1S/C17H23ClN4O3S/c1-4-22-16(11-15(21-22)12(2)3)17(23)19-8-9-20-26(24,25)14-7-5-6-13(18)10-14/h5-7,10-12,20H,4,8-9H2,1-3H3,(H,19,23). The molecule has 9 heteroatoms. The highest BCUT2D eigenvalue weighted by atomic mass is 35.5. The Hall–Kier alpha value is -1.90. The number of hydrogen-bond donors (Lipinski definition) is 2. The van der Waals surface area contributed by atoms with E-state index in [1.807, 2.05) is 20.8 Å². The number of hydrogen-bond acceptors (Lipinski definition) is 4. The SMILES string of the molecule is CCn1nc(C(C)C)cc1C(=O)NCCNS(=O)(=O)c1cccc(Cl)c1. The summed E-state index contributed by atoms with van der Waals surface area (Å²) in [5, 5.41) is 7.45. The van der Waals surface area contributed by atoms with E-state index in [-0.39, 0.29) is 29.8 Å². The molecule has 2 aromatic rings. The molecule has 2 rings (SSSR count). The van der Waals surface area contributed by atoms with Gasteiger partial charge in [-0.15, -0.1) is 0 Å². The molecule has 7 nitrogen and oxygen atoms in total. The van der Waals surface area contributed by atoms with Gasteiger partial charge in [-0.3, -0.25) is 9.48 Å². The van der Waals surface area contributed by atoms with Crippen molar-refractivity contribution in [1.82, 2.24) is 19.8 Å². The van der Waals surface area contributed by atoms with Crippen molar-refractivity contribution in [2.45, 2.75) is 38.1 Å². The van der Waals surface area contributed by atoms with Crippen LogP contribution in [0.3, 0.4) is 0 Å². The maximum Gasteiger partial charge on any atom is 0.269 e. The lowest BCUT2D eigenvalue weighted by molar-refractivity contribution is 0.0943. The fourth-order valence-electron chi connectivity index (χ4n) is 2.31. The Labute approximate surface area is 158 Å². The Morgan fingerprint density at radius 1 is 1.27 bits per heavy atom. The summed E-state index contributed by atoms with van der Waals surface area (Å²) in [7, 11) is -3.67. The van der Waals surface area contributed by atoms with Crippen LogP contribution in [0.4, 0.5) is 0 Å². The summed E-state index contributed by atoms with van der Waals surface area (Å²) in [6, 6.07) is 7.76. The van der Waals surface area contributed by atoms with Crippen molar-refractivity contribution < 1.29 is 13.2 Å². The van der Waals surface area contributed by atoms with Crippen LogP contribution < -0.4 is 10.0 Å². The lowest BCUT2D eigenvalue weighted by atomic mass is 10.1. The van der Waals surface area contributed by atoms with Crippen molar-refractivity contribution in [1.29, 1.82) is 0 Å². The zero-order valence-electron chi connectivity index (χ0n) is 15.0. The van der Waals surface area contributed by atoms with Crippen LogP contribution in [0.1, 0.15) is 42.9 Å². The molecule has 0 saturated heterocycles. The van der Waals surface area contributed by atoms with E-state index >= 15 is 0 Å². The highest BCUT2D eigenvalue weighted by molar-refractivity contribution is 7.89. The quantitative estimate of drug-likeness (QED) is 0.667. The first kappa shape index (κ1) is 20.4. The smallest absolute Gasteiger partial charge is 0.269 e. The van der Waals surface area contributed by atoms with Gasteiger partial charge in [0, 0.05) is 24.7 Å². The van der Waals surface area contributed by atoms with Crippen molar-refractivity contribution in [3.8, 4) is 0 Å². The molecule has 2 N–H and O–H groups in total. The molecular formula is C17H23ClN4O3S. The van der Waals surface area contributed by atoms with Gasteiger partial charge in [0.2, 0.25) is 10.0 Å². The zero-order chi connectivity index (χ0) is 19.3. The van der Waals surface area contributed by atoms with E-state index < -0.39 is 10.0 Å². The van der Waals surface area contributed by atoms with Crippen molar-refractivity contribution >= 4 is 27.5 Å². The topological polar surface area (TPSA) is 93.1 Å². The number of carbonyl (C=O) groups excluding carboxylic acids is 1. The Morgan fingerprint density at radius 2 is 2.00 bits per heavy atom. The molecule has 0 saturated carbocycles. The summed E-state index contributed by atoms with van der Waals surface area (Å²) in [5.74, 6) is -0.0629. The summed E-state index contributed by atoms with van der Waals surface area (Å²) in [5.41, 5.74) is 1.31. The van der Waals surface area contributed by atoms with Gasteiger partial charge in [0.05, 0.1) is 10.6 Å². The van der Waals surface area contributed by atoms with Crippen LogP contribution in [0.2, 0.25) is 5.02 Å². The van der Waals surface area contributed by atoms with E-state index in [4.69, 9.17) is 11.6 Å². The summed E-state index contributed by atoms with van der Waals surface area (Å²) in [6.45, 7) is 6.73. The summed E-state index contributed by atoms with van der Waals surface area (Å²) in [4.78, 5) is 12.4. The van der Waals surface area contributed by atoms with Gasteiger partial charge in [0.1, 0.15) is 5.69 Å². The number of sulfonamides is 1. The fourth-order valence-corrected chi connectivity index (χ4v) is 3.64. The molecule has 1 amide bonds.